The molecule has 2 aliphatic rings. The molecule has 2 atom stereocenters. The van der Waals surface area contributed by atoms with E-state index in [1.54, 1.807) is 18.2 Å². The third-order valence-corrected chi connectivity index (χ3v) is 7.78. The SMILES string of the molecule is CC(=O)NCCN1CCCc2ccc(OC(c3ccc(OCCCOCc4ccccc4F)cc3)[C@H]3CNCC(=O)N3)cc21. The second-order valence-electron chi connectivity index (χ2n) is 11.1. The minimum Gasteiger partial charge on any atom is -0.494 e. The maximum atomic E-state index is 13.7. The maximum Gasteiger partial charge on any atom is 0.234 e. The largest absolute Gasteiger partial charge is 0.494 e. The van der Waals surface area contributed by atoms with Gasteiger partial charge in [0, 0.05) is 56.8 Å². The zero-order valence-corrected chi connectivity index (χ0v) is 25.2. The van der Waals surface area contributed by atoms with Crippen LogP contribution in [0.4, 0.5) is 10.1 Å². The van der Waals surface area contributed by atoms with Gasteiger partial charge in [0.25, 0.3) is 0 Å². The first-order valence-corrected chi connectivity index (χ1v) is 15.3. The minimum atomic E-state index is -0.429. The summed E-state index contributed by atoms with van der Waals surface area (Å²) >= 11 is 0. The van der Waals surface area contributed by atoms with E-state index in [9.17, 15) is 14.0 Å². The molecule has 0 spiro atoms. The van der Waals surface area contributed by atoms with Crippen LogP contribution >= 0.6 is 0 Å². The number of carbonyl (C=O) groups excluding carboxylic acids is 2. The molecule has 0 aliphatic carbocycles. The van der Waals surface area contributed by atoms with Crippen molar-refractivity contribution in [2.24, 2.45) is 0 Å². The number of benzene rings is 3. The van der Waals surface area contributed by atoms with Crippen molar-refractivity contribution in [3.8, 4) is 11.5 Å². The molecule has 3 aromatic rings. The summed E-state index contributed by atoms with van der Waals surface area (Å²) in [6.07, 6.45) is 2.30. The van der Waals surface area contributed by atoms with E-state index in [0.29, 0.717) is 38.3 Å². The van der Waals surface area contributed by atoms with E-state index in [1.807, 2.05) is 30.3 Å². The maximum absolute atomic E-state index is 13.7. The highest BCUT2D eigenvalue weighted by Crippen LogP contribution is 2.34. The van der Waals surface area contributed by atoms with Crippen molar-refractivity contribution in [3.05, 3.63) is 89.2 Å². The number of rotatable bonds is 14. The summed E-state index contributed by atoms with van der Waals surface area (Å²) in [5.74, 6) is 1.07. The third-order valence-electron chi connectivity index (χ3n) is 7.78. The van der Waals surface area contributed by atoms with Crippen LogP contribution in [0.25, 0.3) is 0 Å². The van der Waals surface area contributed by atoms with Crippen molar-refractivity contribution in [3.63, 3.8) is 0 Å². The standard InChI is InChI=1S/C34H41FN4O5/c1-24(40)37-15-17-39-16-4-7-25-9-14-29(20-32(25)39)44-34(31-21-36-22-33(41)38-31)26-10-12-28(13-11-26)43-19-5-18-42-23-27-6-2-3-8-30(27)35/h2-3,6,8-14,20,31,34,36H,4-5,7,15-19,21-23H2,1H3,(H,37,40)(H,38,41)/t31-,34?/m1/s1. The van der Waals surface area contributed by atoms with Crippen LogP contribution in [0.2, 0.25) is 0 Å². The second-order valence-corrected chi connectivity index (χ2v) is 11.1. The fourth-order valence-corrected chi connectivity index (χ4v) is 5.57. The van der Waals surface area contributed by atoms with Gasteiger partial charge in [0.1, 0.15) is 23.4 Å². The lowest BCUT2D eigenvalue weighted by Gasteiger charge is -2.34. The number of hydrogen-bond acceptors (Lipinski definition) is 7. The van der Waals surface area contributed by atoms with Crippen molar-refractivity contribution >= 4 is 17.5 Å². The Balaban J connectivity index is 1.21. The van der Waals surface area contributed by atoms with Gasteiger partial charge < -0.3 is 35.1 Å². The van der Waals surface area contributed by atoms with Crippen molar-refractivity contribution in [2.45, 2.75) is 44.9 Å². The molecule has 5 rings (SSSR count). The van der Waals surface area contributed by atoms with E-state index in [0.717, 1.165) is 48.7 Å². The predicted octanol–water partition coefficient (Wildman–Crippen LogP) is 3.91. The molecule has 0 aromatic heterocycles. The van der Waals surface area contributed by atoms with Gasteiger partial charge in [-0.25, -0.2) is 4.39 Å². The topological polar surface area (TPSA) is 101 Å². The lowest BCUT2D eigenvalue weighted by atomic mass is 9.99. The number of nitrogens with zero attached hydrogens (tertiary/aromatic N) is 1. The predicted molar refractivity (Wildman–Crippen MR) is 166 cm³/mol. The van der Waals surface area contributed by atoms with Crippen LogP contribution in [0.1, 0.15) is 42.6 Å². The van der Waals surface area contributed by atoms with Gasteiger partial charge in [-0.1, -0.05) is 36.4 Å². The highest BCUT2D eigenvalue weighted by Gasteiger charge is 2.30. The van der Waals surface area contributed by atoms with Gasteiger partial charge in [0.2, 0.25) is 11.8 Å². The summed E-state index contributed by atoms with van der Waals surface area (Å²) in [5, 5.41) is 9.16. The summed E-state index contributed by atoms with van der Waals surface area (Å²) in [7, 11) is 0. The molecule has 2 aliphatic heterocycles. The Morgan fingerprint density at radius 1 is 1.09 bits per heavy atom. The normalized spacial score (nSPS) is 16.9. The molecule has 1 fully saturated rings. The number of nitrogens with one attached hydrogen (secondary N) is 3. The molecule has 234 valence electrons. The number of aryl methyl sites for hydroxylation is 1. The number of piperazine rings is 1. The smallest absolute Gasteiger partial charge is 0.234 e. The Morgan fingerprint density at radius 3 is 2.70 bits per heavy atom. The van der Waals surface area contributed by atoms with Gasteiger partial charge in [0.15, 0.2) is 0 Å². The van der Waals surface area contributed by atoms with Crippen LogP contribution in [0.15, 0.2) is 66.7 Å². The fraction of sp³-hybridized carbons (Fsp3) is 0.412. The first kappa shape index (κ1) is 31.3. The highest BCUT2D eigenvalue weighted by atomic mass is 19.1. The number of fused-ring (bicyclic) bond motifs is 1. The second kappa shape index (κ2) is 15.5. The molecule has 44 heavy (non-hydrogen) atoms. The average Bonchev–Trinajstić information content (AvgIpc) is 3.03. The van der Waals surface area contributed by atoms with E-state index in [2.05, 4.69) is 33.0 Å². The van der Waals surface area contributed by atoms with Gasteiger partial charge in [-0.2, -0.15) is 0 Å². The van der Waals surface area contributed by atoms with Crippen LogP contribution in [0.5, 0.6) is 11.5 Å². The quantitative estimate of drug-likeness (QED) is 0.240. The zero-order valence-electron chi connectivity index (χ0n) is 25.2. The molecule has 1 unspecified atom stereocenters. The highest BCUT2D eigenvalue weighted by molar-refractivity contribution is 5.79. The van der Waals surface area contributed by atoms with Crippen LogP contribution in [-0.4, -0.2) is 63.8 Å². The number of halogens is 1. The van der Waals surface area contributed by atoms with Crippen molar-refractivity contribution in [2.75, 3.05) is 50.8 Å². The summed E-state index contributed by atoms with van der Waals surface area (Å²) in [6.45, 7) is 5.77. The Labute approximate surface area is 258 Å². The summed E-state index contributed by atoms with van der Waals surface area (Å²) in [5.41, 5.74) is 3.83. The molecule has 0 saturated carbocycles. The van der Waals surface area contributed by atoms with Gasteiger partial charge in [-0.05, 0) is 48.2 Å². The molecule has 0 radical (unpaired) electrons. The molecular formula is C34H41FN4O5. The van der Waals surface area contributed by atoms with Gasteiger partial charge in [-0.3, -0.25) is 9.59 Å². The summed E-state index contributed by atoms with van der Waals surface area (Å²) in [4.78, 5) is 25.9. The summed E-state index contributed by atoms with van der Waals surface area (Å²) in [6, 6.07) is 20.3. The van der Waals surface area contributed by atoms with Crippen LogP contribution in [0, 0.1) is 5.82 Å². The number of hydrogen-bond donors (Lipinski definition) is 3. The van der Waals surface area contributed by atoms with Gasteiger partial charge in [-0.15, -0.1) is 0 Å². The molecular weight excluding hydrogens is 563 g/mol. The molecule has 1 saturated heterocycles. The van der Waals surface area contributed by atoms with Crippen molar-refractivity contribution in [1.29, 1.82) is 0 Å². The third kappa shape index (κ3) is 8.70. The molecule has 2 amide bonds. The fourth-order valence-electron chi connectivity index (χ4n) is 5.57. The first-order chi connectivity index (χ1) is 21.5. The van der Waals surface area contributed by atoms with Gasteiger partial charge in [0.05, 0.1) is 32.4 Å². The van der Waals surface area contributed by atoms with Crippen LogP contribution in [0.3, 0.4) is 0 Å². The molecule has 2 heterocycles. The number of amides is 2. The Kier molecular flexibility index (Phi) is 11.0. The minimum absolute atomic E-state index is 0.0348. The van der Waals surface area contributed by atoms with Gasteiger partial charge >= 0.3 is 0 Å². The molecule has 0 bridgehead atoms. The Hall–Kier alpha value is -4.15. The van der Waals surface area contributed by atoms with Crippen LogP contribution in [-0.2, 0) is 27.4 Å². The van der Waals surface area contributed by atoms with E-state index in [-0.39, 0.29) is 36.8 Å². The summed E-state index contributed by atoms with van der Waals surface area (Å²) < 4.78 is 31.9. The lowest BCUT2D eigenvalue weighted by Crippen LogP contribution is -2.55. The first-order valence-electron chi connectivity index (χ1n) is 15.3. The Morgan fingerprint density at radius 2 is 1.91 bits per heavy atom. The van der Waals surface area contributed by atoms with Crippen molar-refractivity contribution < 1.29 is 28.2 Å². The number of carbonyl (C=O) groups is 2. The lowest BCUT2D eigenvalue weighted by molar-refractivity contribution is -0.123. The van der Waals surface area contributed by atoms with E-state index in [4.69, 9.17) is 14.2 Å². The number of ether oxygens (including phenoxy) is 3. The monoisotopic (exact) mass is 604 g/mol. The molecule has 3 N–H and O–H groups in total. The Bertz CT molecular complexity index is 1400. The molecule has 3 aromatic carbocycles. The zero-order chi connectivity index (χ0) is 30.7. The average molecular weight is 605 g/mol. The molecule has 9 nitrogen and oxygen atoms in total. The van der Waals surface area contributed by atoms with E-state index < -0.39 is 6.10 Å². The van der Waals surface area contributed by atoms with E-state index >= 15 is 0 Å². The molecule has 10 heteroatoms. The van der Waals surface area contributed by atoms with E-state index in [1.165, 1.54) is 18.6 Å². The van der Waals surface area contributed by atoms with Crippen molar-refractivity contribution in [1.82, 2.24) is 16.0 Å². The van der Waals surface area contributed by atoms with Crippen LogP contribution < -0.4 is 30.3 Å². The number of anilines is 1.